The summed E-state index contributed by atoms with van der Waals surface area (Å²) in [5, 5.41) is 12.2. The number of carboxylic acids is 1. The first-order chi connectivity index (χ1) is 8.54. The van der Waals surface area contributed by atoms with Crippen molar-refractivity contribution in [2.24, 2.45) is 0 Å². The van der Waals surface area contributed by atoms with Crippen LogP contribution >= 0.6 is 0 Å². The van der Waals surface area contributed by atoms with Crippen molar-refractivity contribution in [3.8, 4) is 0 Å². The number of carbonyl (C=O) groups excluding carboxylic acids is 1. The number of hydrogen-bond acceptors (Lipinski definition) is 2. The van der Waals surface area contributed by atoms with Gasteiger partial charge in [-0.1, -0.05) is 12.2 Å². The zero-order valence-electron chi connectivity index (χ0n) is 10.7. The van der Waals surface area contributed by atoms with Crippen molar-refractivity contribution in [2.75, 3.05) is 6.54 Å². The summed E-state index contributed by atoms with van der Waals surface area (Å²) in [5.41, 5.74) is -1.05. The Morgan fingerprint density at radius 1 is 1.44 bits per heavy atom. The Bertz CT molecular complexity index is 380. The van der Waals surface area contributed by atoms with Crippen LogP contribution in [0.15, 0.2) is 12.2 Å². The highest BCUT2D eigenvalue weighted by molar-refractivity contribution is 5.86. The second kappa shape index (κ2) is 5.00. The predicted molar refractivity (Wildman–Crippen MR) is 67.3 cm³/mol. The minimum Gasteiger partial charge on any atom is -0.480 e. The molecule has 0 aromatic rings. The molecule has 0 spiro atoms. The molecule has 100 valence electrons. The molecule has 1 aliphatic carbocycles. The van der Waals surface area contributed by atoms with E-state index in [2.05, 4.69) is 17.5 Å². The summed E-state index contributed by atoms with van der Waals surface area (Å²) in [6.07, 6.45) is 8.19. The number of nitrogens with zero attached hydrogens (tertiary/aromatic N) is 1. The lowest BCUT2D eigenvalue weighted by Crippen LogP contribution is -2.55. The van der Waals surface area contributed by atoms with Crippen molar-refractivity contribution in [3.05, 3.63) is 12.2 Å². The van der Waals surface area contributed by atoms with E-state index in [0.717, 1.165) is 25.7 Å². The highest BCUT2D eigenvalue weighted by atomic mass is 16.4. The monoisotopic (exact) mass is 252 g/mol. The average Bonchev–Trinajstić information content (AvgIpc) is 2.74. The van der Waals surface area contributed by atoms with E-state index in [0.29, 0.717) is 13.0 Å². The van der Waals surface area contributed by atoms with Crippen LogP contribution in [0.25, 0.3) is 0 Å². The molecule has 1 saturated heterocycles. The van der Waals surface area contributed by atoms with Crippen molar-refractivity contribution >= 4 is 12.0 Å². The maximum absolute atomic E-state index is 12.2. The highest BCUT2D eigenvalue weighted by Crippen LogP contribution is 2.29. The molecule has 5 nitrogen and oxygen atoms in total. The minimum atomic E-state index is -1.05. The van der Waals surface area contributed by atoms with Gasteiger partial charge >= 0.3 is 12.0 Å². The van der Waals surface area contributed by atoms with Crippen LogP contribution in [0.2, 0.25) is 0 Å². The fraction of sp³-hybridized carbons (Fsp3) is 0.692. The van der Waals surface area contributed by atoms with Crippen molar-refractivity contribution in [3.63, 3.8) is 0 Å². The Labute approximate surface area is 107 Å². The molecule has 5 heteroatoms. The van der Waals surface area contributed by atoms with Crippen molar-refractivity contribution in [1.82, 2.24) is 10.2 Å². The Morgan fingerprint density at radius 3 is 2.83 bits per heavy atom. The zero-order chi connectivity index (χ0) is 13.2. The molecular formula is C13H20N2O3. The largest absolute Gasteiger partial charge is 0.480 e. The van der Waals surface area contributed by atoms with Crippen molar-refractivity contribution in [2.45, 2.75) is 50.6 Å². The third-order valence-corrected chi connectivity index (χ3v) is 3.94. The maximum atomic E-state index is 12.2. The van der Waals surface area contributed by atoms with Gasteiger partial charge in [0.2, 0.25) is 0 Å². The van der Waals surface area contributed by atoms with Gasteiger partial charge in [0.25, 0.3) is 0 Å². The number of aliphatic carboxylic acids is 1. The fourth-order valence-corrected chi connectivity index (χ4v) is 2.69. The summed E-state index contributed by atoms with van der Waals surface area (Å²) in [5.74, 6) is -0.918. The number of amides is 2. The molecule has 1 heterocycles. The molecule has 18 heavy (non-hydrogen) atoms. The molecule has 1 fully saturated rings. The quantitative estimate of drug-likeness (QED) is 0.735. The molecule has 1 aliphatic heterocycles. The summed E-state index contributed by atoms with van der Waals surface area (Å²) in [4.78, 5) is 24.9. The number of nitrogens with one attached hydrogen (secondary N) is 1. The van der Waals surface area contributed by atoms with Gasteiger partial charge in [-0.3, -0.25) is 0 Å². The Morgan fingerprint density at radius 2 is 2.22 bits per heavy atom. The first-order valence-electron chi connectivity index (χ1n) is 6.50. The van der Waals surface area contributed by atoms with Gasteiger partial charge in [-0.2, -0.15) is 0 Å². The van der Waals surface area contributed by atoms with Crippen LogP contribution in [0.4, 0.5) is 4.79 Å². The van der Waals surface area contributed by atoms with E-state index in [1.807, 2.05) is 0 Å². The topological polar surface area (TPSA) is 69.6 Å². The average molecular weight is 252 g/mol. The van der Waals surface area contributed by atoms with Crippen LogP contribution in [0.5, 0.6) is 0 Å². The van der Waals surface area contributed by atoms with Gasteiger partial charge in [0.1, 0.15) is 5.54 Å². The van der Waals surface area contributed by atoms with E-state index >= 15 is 0 Å². The van der Waals surface area contributed by atoms with Gasteiger partial charge in [-0.05, 0) is 39.0 Å². The van der Waals surface area contributed by atoms with Crippen LogP contribution < -0.4 is 5.32 Å². The molecule has 2 aliphatic rings. The van der Waals surface area contributed by atoms with Crippen LogP contribution in [0, 0.1) is 0 Å². The van der Waals surface area contributed by atoms with E-state index in [1.54, 1.807) is 6.92 Å². The van der Waals surface area contributed by atoms with Gasteiger partial charge in [-0.25, -0.2) is 9.59 Å². The highest BCUT2D eigenvalue weighted by Gasteiger charge is 2.46. The van der Waals surface area contributed by atoms with Gasteiger partial charge in [-0.15, -0.1) is 0 Å². The summed E-state index contributed by atoms with van der Waals surface area (Å²) >= 11 is 0. The number of urea groups is 1. The summed E-state index contributed by atoms with van der Waals surface area (Å²) in [7, 11) is 0. The summed E-state index contributed by atoms with van der Waals surface area (Å²) < 4.78 is 0. The Balaban J connectivity index is 2.00. The van der Waals surface area contributed by atoms with E-state index in [9.17, 15) is 14.7 Å². The zero-order valence-corrected chi connectivity index (χ0v) is 10.7. The third kappa shape index (κ3) is 2.35. The van der Waals surface area contributed by atoms with Crippen LogP contribution in [-0.4, -0.2) is 40.1 Å². The lowest BCUT2D eigenvalue weighted by atomic mass is 9.99. The lowest BCUT2D eigenvalue weighted by molar-refractivity contribution is -0.147. The summed E-state index contributed by atoms with van der Waals surface area (Å²) in [6.45, 7) is 2.15. The molecule has 0 aromatic heterocycles. The SMILES string of the molecule is CC1(C(=O)O)CCCN1C(=O)NC1CC=CCC1. The number of hydrogen-bond donors (Lipinski definition) is 2. The molecule has 0 aromatic carbocycles. The second-order valence-electron chi connectivity index (χ2n) is 5.27. The molecule has 0 radical (unpaired) electrons. The molecule has 0 bridgehead atoms. The van der Waals surface area contributed by atoms with Crippen LogP contribution in [0.3, 0.4) is 0 Å². The lowest BCUT2D eigenvalue weighted by Gasteiger charge is -2.33. The summed E-state index contributed by atoms with van der Waals surface area (Å²) in [6, 6.07) is -0.0983. The third-order valence-electron chi connectivity index (χ3n) is 3.94. The van der Waals surface area contributed by atoms with Gasteiger partial charge in [0.15, 0.2) is 0 Å². The predicted octanol–water partition coefficient (Wildman–Crippen LogP) is 1.74. The van der Waals surface area contributed by atoms with Gasteiger partial charge in [0, 0.05) is 12.6 Å². The van der Waals surface area contributed by atoms with Gasteiger partial charge in [0.05, 0.1) is 0 Å². The number of rotatable bonds is 2. The Kier molecular flexibility index (Phi) is 3.59. The van der Waals surface area contributed by atoms with E-state index in [1.165, 1.54) is 4.90 Å². The number of allylic oxidation sites excluding steroid dienone is 1. The standard InChI is InChI=1S/C13H20N2O3/c1-13(11(16)17)8-5-9-15(13)12(18)14-10-6-3-2-4-7-10/h2-3,10H,4-9H2,1H3,(H,14,18)(H,16,17). The van der Waals surface area contributed by atoms with Crippen molar-refractivity contribution < 1.29 is 14.7 Å². The number of likely N-dealkylation sites (tertiary alicyclic amines) is 1. The van der Waals surface area contributed by atoms with Crippen molar-refractivity contribution in [1.29, 1.82) is 0 Å². The molecule has 2 amide bonds. The molecule has 2 rings (SSSR count). The molecular weight excluding hydrogens is 232 g/mol. The molecule has 2 atom stereocenters. The van der Waals surface area contributed by atoms with E-state index in [-0.39, 0.29) is 12.1 Å². The molecule has 0 saturated carbocycles. The molecule has 2 N–H and O–H groups in total. The van der Waals surface area contributed by atoms with Crippen LogP contribution in [0.1, 0.15) is 39.0 Å². The van der Waals surface area contributed by atoms with E-state index < -0.39 is 11.5 Å². The normalized spacial score (nSPS) is 31.4. The van der Waals surface area contributed by atoms with Gasteiger partial charge < -0.3 is 15.3 Å². The second-order valence-corrected chi connectivity index (χ2v) is 5.27. The first kappa shape index (κ1) is 12.9. The minimum absolute atomic E-state index is 0.140. The number of carbonyl (C=O) groups is 2. The maximum Gasteiger partial charge on any atom is 0.329 e. The smallest absolute Gasteiger partial charge is 0.329 e. The number of carboxylic acid groups (broad SMARTS) is 1. The fourth-order valence-electron chi connectivity index (χ4n) is 2.69. The first-order valence-corrected chi connectivity index (χ1v) is 6.50. The Hall–Kier alpha value is -1.52. The molecule has 2 unspecified atom stereocenters. The van der Waals surface area contributed by atoms with Crippen LogP contribution in [-0.2, 0) is 4.79 Å². The van der Waals surface area contributed by atoms with E-state index in [4.69, 9.17) is 0 Å².